The Balaban J connectivity index is 1.75. The molecule has 0 unspecified atom stereocenters. The van der Waals surface area contributed by atoms with E-state index in [0.29, 0.717) is 5.56 Å². The Morgan fingerprint density at radius 3 is 2.68 bits per heavy atom. The van der Waals surface area contributed by atoms with Gasteiger partial charge in [-0.05, 0) is 61.6 Å². The minimum Gasteiger partial charge on any atom is -0.465 e. The van der Waals surface area contributed by atoms with Crippen LogP contribution < -0.4 is 5.43 Å². The lowest BCUT2D eigenvalue weighted by molar-refractivity contribution is 0.0954. The Morgan fingerprint density at radius 1 is 1.09 bits per heavy atom. The molecule has 1 heterocycles. The number of nitrogens with zero attached hydrogens (tertiary/aromatic N) is 1. The van der Waals surface area contributed by atoms with E-state index in [1.165, 1.54) is 0 Å². The average Bonchev–Trinajstić information content (AvgIpc) is 3.07. The van der Waals surface area contributed by atoms with Crippen molar-refractivity contribution < 1.29 is 9.21 Å². The van der Waals surface area contributed by atoms with Gasteiger partial charge in [0, 0.05) is 5.56 Å². The summed E-state index contributed by atoms with van der Waals surface area (Å²) in [6.07, 6.45) is 7.73. The van der Waals surface area contributed by atoms with Crippen LogP contribution in [0, 0.1) is 0 Å². The molecule has 1 aliphatic rings. The summed E-state index contributed by atoms with van der Waals surface area (Å²) < 4.78 is 5.36. The summed E-state index contributed by atoms with van der Waals surface area (Å²) in [6, 6.07) is 12.9. The molecule has 22 heavy (non-hydrogen) atoms. The number of hydrogen-bond acceptors (Lipinski definition) is 3. The molecule has 1 fully saturated rings. The summed E-state index contributed by atoms with van der Waals surface area (Å²) in [5, 5.41) is 4.33. The molecule has 1 aliphatic carbocycles. The number of allylic oxidation sites excluding steroid dienone is 1. The normalized spacial score (nSPS) is 18.5. The fourth-order valence-electron chi connectivity index (χ4n) is 2.51. The zero-order chi connectivity index (χ0) is 15.2. The second kappa shape index (κ2) is 6.89. The minimum atomic E-state index is -0.184. The third-order valence-corrected chi connectivity index (χ3v) is 3.67. The van der Waals surface area contributed by atoms with E-state index in [0.717, 1.165) is 42.7 Å². The van der Waals surface area contributed by atoms with Crippen molar-refractivity contribution in [1.82, 2.24) is 5.43 Å². The zero-order valence-corrected chi connectivity index (χ0v) is 12.3. The van der Waals surface area contributed by atoms with E-state index in [-0.39, 0.29) is 5.91 Å². The second-order valence-electron chi connectivity index (χ2n) is 5.26. The lowest BCUT2D eigenvalue weighted by Gasteiger charge is -2.16. The molecule has 1 amide bonds. The quantitative estimate of drug-likeness (QED) is 0.869. The van der Waals surface area contributed by atoms with Gasteiger partial charge >= 0.3 is 0 Å². The van der Waals surface area contributed by atoms with Crippen LogP contribution in [0.1, 0.15) is 41.8 Å². The van der Waals surface area contributed by atoms with Crippen molar-refractivity contribution in [3.8, 4) is 0 Å². The summed E-state index contributed by atoms with van der Waals surface area (Å²) >= 11 is 0. The summed E-state index contributed by atoms with van der Waals surface area (Å²) in [5.74, 6) is 0.634. The number of carbonyl (C=O) groups excluding carboxylic acids is 1. The number of benzene rings is 1. The van der Waals surface area contributed by atoms with Crippen molar-refractivity contribution in [3.63, 3.8) is 0 Å². The first-order chi connectivity index (χ1) is 10.8. The molecule has 112 valence electrons. The summed E-state index contributed by atoms with van der Waals surface area (Å²) in [6.45, 7) is 0. The van der Waals surface area contributed by atoms with Gasteiger partial charge < -0.3 is 4.42 Å². The standard InChI is InChI=1S/C18H18N2O2/c21-18(14-7-2-1-3-8-14)20-19-17-11-5-4-9-15(17)13-16-10-6-12-22-16/h1-3,6-8,10,12-13H,4-5,9,11H2,(H,20,21). The van der Waals surface area contributed by atoms with Crippen LogP contribution in [0.25, 0.3) is 6.08 Å². The van der Waals surface area contributed by atoms with Crippen molar-refractivity contribution in [1.29, 1.82) is 0 Å². The van der Waals surface area contributed by atoms with Gasteiger partial charge in [0.25, 0.3) is 5.91 Å². The van der Waals surface area contributed by atoms with Crippen LogP contribution in [0.3, 0.4) is 0 Å². The maximum atomic E-state index is 12.1. The van der Waals surface area contributed by atoms with Crippen LogP contribution in [0.5, 0.6) is 0 Å². The highest BCUT2D eigenvalue weighted by Crippen LogP contribution is 2.23. The lowest BCUT2D eigenvalue weighted by Crippen LogP contribution is -2.21. The van der Waals surface area contributed by atoms with Gasteiger partial charge in [-0.15, -0.1) is 0 Å². The van der Waals surface area contributed by atoms with Crippen molar-refractivity contribution in [2.75, 3.05) is 0 Å². The largest absolute Gasteiger partial charge is 0.465 e. The molecule has 1 aromatic heterocycles. The molecule has 4 heteroatoms. The van der Waals surface area contributed by atoms with E-state index in [1.807, 2.05) is 36.4 Å². The summed E-state index contributed by atoms with van der Waals surface area (Å²) in [5.41, 5.74) is 5.34. The summed E-state index contributed by atoms with van der Waals surface area (Å²) in [7, 11) is 0. The molecule has 0 saturated heterocycles. The van der Waals surface area contributed by atoms with E-state index in [9.17, 15) is 4.79 Å². The van der Waals surface area contributed by atoms with Crippen LogP contribution >= 0.6 is 0 Å². The maximum absolute atomic E-state index is 12.1. The minimum absolute atomic E-state index is 0.184. The summed E-state index contributed by atoms with van der Waals surface area (Å²) in [4.78, 5) is 12.1. The van der Waals surface area contributed by atoms with Gasteiger partial charge in [-0.2, -0.15) is 5.10 Å². The molecular weight excluding hydrogens is 276 g/mol. The third-order valence-electron chi connectivity index (χ3n) is 3.67. The highest BCUT2D eigenvalue weighted by Gasteiger charge is 2.15. The van der Waals surface area contributed by atoms with Crippen molar-refractivity contribution in [3.05, 3.63) is 65.6 Å². The van der Waals surface area contributed by atoms with Gasteiger partial charge in [-0.1, -0.05) is 18.2 Å². The van der Waals surface area contributed by atoms with E-state index in [4.69, 9.17) is 4.42 Å². The van der Waals surface area contributed by atoms with Gasteiger partial charge in [0.1, 0.15) is 5.76 Å². The van der Waals surface area contributed by atoms with E-state index in [1.54, 1.807) is 18.4 Å². The number of amides is 1. The monoisotopic (exact) mass is 294 g/mol. The van der Waals surface area contributed by atoms with Crippen LogP contribution in [0.2, 0.25) is 0 Å². The van der Waals surface area contributed by atoms with Crippen LogP contribution in [-0.2, 0) is 0 Å². The first-order valence-corrected chi connectivity index (χ1v) is 7.49. The average molecular weight is 294 g/mol. The van der Waals surface area contributed by atoms with Crippen molar-refractivity contribution in [2.45, 2.75) is 25.7 Å². The Bertz CT molecular complexity index is 685. The molecule has 0 bridgehead atoms. The molecule has 0 radical (unpaired) electrons. The lowest BCUT2D eigenvalue weighted by atomic mass is 9.92. The Labute approximate surface area is 129 Å². The molecule has 0 aliphatic heterocycles. The predicted molar refractivity (Wildman–Crippen MR) is 86.5 cm³/mol. The number of nitrogens with one attached hydrogen (secondary N) is 1. The van der Waals surface area contributed by atoms with Gasteiger partial charge in [0.05, 0.1) is 12.0 Å². The highest BCUT2D eigenvalue weighted by atomic mass is 16.3. The number of rotatable bonds is 3. The van der Waals surface area contributed by atoms with Gasteiger partial charge in [-0.25, -0.2) is 5.43 Å². The SMILES string of the molecule is O=C(NN=C1CCCCC1=Cc1ccco1)c1ccccc1. The van der Waals surface area contributed by atoms with Gasteiger partial charge in [0.2, 0.25) is 0 Å². The molecule has 1 aromatic carbocycles. The van der Waals surface area contributed by atoms with E-state index < -0.39 is 0 Å². The second-order valence-corrected chi connectivity index (χ2v) is 5.26. The van der Waals surface area contributed by atoms with Crippen LogP contribution in [-0.4, -0.2) is 11.6 Å². The number of hydrogen-bond donors (Lipinski definition) is 1. The van der Waals surface area contributed by atoms with Crippen molar-refractivity contribution in [2.24, 2.45) is 5.10 Å². The van der Waals surface area contributed by atoms with Gasteiger partial charge in [0.15, 0.2) is 0 Å². The number of hydrazone groups is 1. The van der Waals surface area contributed by atoms with Crippen LogP contribution in [0.4, 0.5) is 0 Å². The molecule has 2 aromatic rings. The maximum Gasteiger partial charge on any atom is 0.271 e. The first kappa shape index (κ1) is 14.3. The molecular formula is C18H18N2O2. The van der Waals surface area contributed by atoms with Crippen molar-refractivity contribution >= 4 is 17.7 Å². The Morgan fingerprint density at radius 2 is 1.91 bits per heavy atom. The molecule has 0 spiro atoms. The smallest absolute Gasteiger partial charge is 0.271 e. The fraction of sp³-hybridized carbons (Fsp3) is 0.222. The molecule has 0 atom stereocenters. The molecule has 4 nitrogen and oxygen atoms in total. The number of carbonyl (C=O) groups is 1. The predicted octanol–water partition coefficient (Wildman–Crippen LogP) is 4.02. The fourth-order valence-corrected chi connectivity index (χ4v) is 2.51. The third kappa shape index (κ3) is 3.52. The van der Waals surface area contributed by atoms with E-state index in [2.05, 4.69) is 10.5 Å². The first-order valence-electron chi connectivity index (χ1n) is 7.49. The van der Waals surface area contributed by atoms with Gasteiger partial charge in [-0.3, -0.25) is 4.79 Å². The molecule has 3 rings (SSSR count). The topological polar surface area (TPSA) is 54.6 Å². The van der Waals surface area contributed by atoms with Crippen LogP contribution in [0.15, 0.2) is 63.8 Å². The highest BCUT2D eigenvalue weighted by molar-refractivity contribution is 6.05. The Kier molecular flexibility index (Phi) is 4.49. The Hall–Kier alpha value is -2.62. The van der Waals surface area contributed by atoms with E-state index >= 15 is 0 Å². The zero-order valence-electron chi connectivity index (χ0n) is 12.3. The molecule has 1 saturated carbocycles. The number of furan rings is 1. The molecule has 1 N–H and O–H groups in total.